The maximum atomic E-state index is 14.8. The van der Waals surface area contributed by atoms with Gasteiger partial charge in [0.25, 0.3) is 24.5 Å². The third-order valence-corrected chi connectivity index (χ3v) is 6.56. The topological polar surface area (TPSA) is 115 Å². The van der Waals surface area contributed by atoms with Gasteiger partial charge in [0.2, 0.25) is 12.0 Å². The van der Waals surface area contributed by atoms with Gasteiger partial charge in [-0.1, -0.05) is 42.5 Å². The van der Waals surface area contributed by atoms with Crippen molar-refractivity contribution in [3.8, 4) is 17.1 Å². The number of carbonyl (C=O) groups excluding carboxylic acids is 2. The Labute approximate surface area is 229 Å². The highest BCUT2D eigenvalue weighted by Gasteiger charge is 2.34. The van der Waals surface area contributed by atoms with E-state index >= 15 is 0 Å². The monoisotopic (exact) mass is 567 g/mol. The summed E-state index contributed by atoms with van der Waals surface area (Å²) in [6.45, 7) is 0.665. The summed E-state index contributed by atoms with van der Waals surface area (Å²) >= 11 is 0. The number of fused-ring (bicyclic) bond motifs is 2. The second-order valence-corrected chi connectivity index (χ2v) is 9.24. The number of carbonyl (C=O) groups is 2. The van der Waals surface area contributed by atoms with Crippen LogP contribution in [0.3, 0.4) is 0 Å². The quantitative estimate of drug-likeness (QED) is 0.343. The smallest absolute Gasteiger partial charge is 0.289 e. The number of halogens is 4. The summed E-state index contributed by atoms with van der Waals surface area (Å²) in [6.07, 6.45) is -4.82. The molecule has 2 aromatic carbocycles. The van der Waals surface area contributed by atoms with Crippen LogP contribution in [0.2, 0.25) is 0 Å². The SMILES string of the molecule is O=C(N[C@H]1N=C(c2ccccc2)c2cccc(F)c2NC1=O)c1c(-c2cnn(C(F)C(F)F)c2)nn2c1OCCC2. The Bertz CT molecular complexity index is 1670. The molecule has 4 heterocycles. The molecule has 0 bridgehead atoms. The van der Waals surface area contributed by atoms with Crippen molar-refractivity contribution >= 4 is 23.2 Å². The van der Waals surface area contributed by atoms with Crippen LogP contribution in [0.4, 0.5) is 23.2 Å². The fraction of sp³-hybridized carbons (Fsp3) is 0.222. The Morgan fingerprint density at radius 1 is 1.10 bits per heavy atom. The average molecular weight is 568 g/mol. The molecule has 2 atom stereocenters. The number of nitrogens with zero attached hydrogens (tertiary/aromatic N) is 5. The van der Waals surface area contributed by atoms with Gasteiger partial charge in [-0.05, 0) is 6.07 Å². The predicted octanol–water partition coefficient (Wildman–Crippen LogP) is 3.95. The van der Waals surface area contributed by atoms with E-state index in [1.807, 2.05) is 0 Å². The first-order valence-electron chi connectivity index (χ1n) is 12.6. The first kappa shape index (κ1) is 26.2. The van der Waals surface area contributed by atoms with Crippen LogP contribution < -0.4 is 15.4 Å². The van der Waals surface area contributed by atoms with Crippen LogP contribution in [-0.4, -0.2) is 56.3 Å². The molecular formula is C27H21F4N7O3. The molecule has 0 radical (unpaired) electrons. The molecule has 14 heteroatoms. The van der Waals surface area contributed by atoms with Gasteiger partial charge in [-0.15, -0.1) is 0 Å². The van der Waals surface area contributed by atoms with Gasteiger partial charge in [-0.3, -0.25) is 9.59 Å². The van der Waals surface area contributed by atoms with Crippen LogP contribution in [0.1, 0.15) is 34.2 Å². The summed E-state index contributed by atoms with van der Waals surface area (Å²) in [7, 11) is 0. The van der Waals surface area contributed by atoms with Crippen molar-refractivity contribution in [2.75, 3.05) is 11.9 Å². The van der Waals surface area contributed by atoms with E-state index in [1.54, 1.807) is 36.4 Å². The molecule has 1 unspecified atom stereocenters. The number of nitrogens with one attached hydrogen (secondary N) is 2. The van der Waals surface area contributed by atoms with Gasteiger partial charge in [0.1, 0.15) is 17.1 Å². The Hall–Kier alpha value is -5.01. The van der Waals surface area contributed by atoms with Gasteiger partial charge < -0.3 is 15.4 Å². The van der Waals surface area contributed by atoms with Crippen molar-refractivity contribution in [2.45, 2.75) is 31.9 Å². The molecule has 0 spiro atoms. The number of rotatable bonds is 6. The Morgan fingerprint density at radius 2 is 1.90 bits per heavy atom. The molecule has 41 heavy (non-hydrogen) atoms. The summed E-state index contributed by atoms with van der Waals surface area (Å²) in [5.74, 6) is -2.23. The van der Waals surface area contributed by atoms with Gasteiger partial charge in [0.15, 0.2) is 0 Å². The zero-order chi connectivity index (χ0) is 28.7. The Morgan fingerprint density at radius 3 is 2.68 bits per heavy atom. The van der Waals surface area contributed by atoms with Crippen molar-refractivity contribution in [2.24, 2.45) is 4.99 Å². The maximum Gasteiger partial charge on any atom is 0.289 e. The van der Waals surface area contributed by atoms with Crippen molar-refractivity contribution in [1.29, 1.82) is 0 Å². The van der Waals surface area contributed by atoms with Crippen LogP contribution in [0.25, 0.3) is 11.3 Å². The molecular weight excluding hydrogens is 546 g/mol. The van der Waals surface area contributed by atoms with E-state index < -0.39 is 36.5 Å². The molecule has 10 nitrogen and oxygen atoms in total. The van der Waals surface area contributed by atoms with E-state index in [0.29, 0.717) is 28.8 Å². The van der Waals surface area contributed by atoms with Crippen LogP contribution in [0, 0.1) is 5.82 Å². The zero-order valence-corrected chi connectivity index (χ0v) is 21.1. The third kappa shape index (κ3) is 4.81. The minimum Gasteiger partial charge on any atom is -0.477 e. The molecule has 2 aliphatic rings. The minimum absolute atomic E-state index is 0.0114. The number of alkyl halides is 3. The molecule has 0 aliphatic carbocycles. The van der Waals surface area contributed by atoms with Gasteiger partial charge in [0.05, 0.1) is 24.2 Å². The fourth-order valence-electron chi connectivity index (χ4n) is 4.66. The second kappa shape index (κ2) is 10.5. The molecule has 2 amide bonds. The normalized spacial score (nSPS) is 17.0. The summed E-state index contributed by atoms with van der Waals surface area (Å²) in [5.41, 5.74) is 1.03. The lowest BCUT2D eigenvalue weighted by Gasteiger charge is -2.17. The van der Waals surface area contributed by atoms with Gasteiger partial charge in [-0.2, -0.15) is 10.2 Å². The number of para-hydroxylation sites is 1. The van der Waals surface area contributed by atoms with Gasteiger partial charge in [-0.25, -0.2) is 31.9 Å². The highest BCUT2D eigenvalue weighted by atomic mass is 19.3. The van der Waals surface area contributed by atoms with E-state index in [0.717, 1.165) is 12.4 Å². The lowest BCUT2D eigenvalue weighted by molar-refractivity contribution is -0.117. The van der Waals surface area contributed by atoms with Crippen molar-refractivity contribution in [3.05, 3.63) is 83.4 Å². The molecule has 210 valence electrons. The van der Waals surface area contributed by atoms with E-state index in [9.17, 15) is 27.2 Å². The second-order valence-electron chi connectivity index (χ2n) is 9.24. The average Bonchev–Trinajstić information content (AvgIpc) is 3.58. The Balaban J connectivity index is 1.40. The number of ether oxygens (including phenoxy) is 1. The molecule has 0 saturated heterocycles. The number of hydrogen-bond donors (Lipinski definition) is 2. The van der Waals surface area contributed by atoms with E-state index in [1.165, 1.54) is 16.8 Å². The van der Waals surface area contributed by atoms with Crippen molar-refractivity contribution < 1.29 is 31.9 Å². The molecule has 6 rings (SSSR count). The molecule has 0 fully saturated rings. The van der Waals surface area contributed by atoms with Crippen molar-refractivity contribution in [1.82, 2.24) is 24.9 Å². The van der Waals surface area contributed by atoms with Crippen LogP contribution >= 0.6 is 0 Å². The number of benzodiazepines with no additional fused rings is 1. The number of benzene rings is 2. The van der Waals surface area contributed by atoms with Crippen LogP contribution in [-0.2, 0) is 11.3 Å². The molecule has 2 N–H and O–H groups in total. The van der Waals surface area contributed by atoms with Gasteiger partial charge >= 0.3 is 0 Å². The van der Waals surface area contributed by atoms with Gasteiger partial charge in [0, 0.05) is 35.9 Å². The third-order valence-electron chi connectivity index (χ3n) is 6.56. The van der Waals surface area contributed by atoms with E-state index in [2.05, 4.69) is 25.8 Å². The largest absolute Gasteiger partial charge is 0.477 e. The summed E-state index contributed by atoms with van der Waals surface area (Å²) in [5, 5.41) is 13.1. The number of hydrogen-bond acceptors (Lipinski definition) is 6. The first-order valence-corrected chi connectivity index (χ1v) is 12.6. The molecule has 0 saturated carbocycles. The summed E-state index contributed by atoms with van der Waals surface area (Å²) in [6, 6.07) is 13.0. The van der Waals surface area contributed by atoms with Crippen LogP contribution in [0.15, 0.2) is 65.9 Å². The standard InChI is InChI=1S/C27H21F4N7O3/c28-17-9-4-8-16-19(14-6-2-1-3-7-14)33-24(26(40)34-21(16)17)35-25(39)18-20(36-37-10-5-11-41-27(18)37)15-12-32-38(13-15)23(31)22(29)30/h1-4,6-9,12-13,22-24H,5,10-11H2,(H,34,40)(H,35,39)/t23?,24-/m1/s1. The highest BCUT2D eigenvalue weighted by Crippen LogP contribution is 2.34. The zero-order valence-electron chi connectivity index (χ0n) is 21.1. The maximum absolute atomic E-state index is 14.8. The Kier molecular flexibility index (Phi) is 6.73. The number of anilines is 1. The number of amides is 2. The van der Waals surface area contributed by atoms with Crippen molar-refractivity contribution in [3.63, 3.8) is 0 Å². The molecule has 2 aliphatic heterocycles. The van der Waals surface area contributed by atoms with E-state index in [4.69, 9.17) is 4.74 Å². The summed E-state index contributed by atoms with van der Waals surface area (Å²) < 4.78 is 62.1. The lowest BCUT2D eigenvalue weighted by atomic mass is 10.0. The highest BCUT2D eigenvalue weighted by molar-refractivity contribution is 6.20. The minimum atomic E-state index is -3.32. The number of aromatic nitrogens is 4. The summed E-state index contributed by atoms with van der Waals surface area (Å²) in [4.78, 5) is 31.5. The van der Waals surface area contributed by atoms with Crippen LogP contribution in [0.5, 0.6) is 5.88 Å². The van der Waals surface area contributed by atoms with E-state index in [-0.39, 0.29) is 40.7 Å². The molecule has 4 aromatic rings. The first-order chi connectivity index (χ1) is 19.8. The predicted molar refractivity (Wildman–Crippen MR) is 138 cm³/mol. The lowest BCUT2D eigenvalue weighted by Crippen LogP contribution is -2.42. The number of aliphatic imine (C=N–C) groups is 1. The fourth-order valence-corrected chi connectivity index (χ4v) is 4.66. The number of aryl methyl sites for hydroxylation is 1. The molecule has 2 aromatic heterocycles.